The van der Waals surface area contributed by atoms with Crippen molar-refractivity contribution in [3.63, 3.8) is 0 Å². The molecule has 6 N–H and O–H groups in total. The van der Waals surface area contributed by atoms with E-state index in [-0.39, 0.29) is 25.4 Å². The molecule has 2 saturated heterocycles. The van der Waals surface area contributed by atoms with Crippen LogP contribution in [0.5, 0.6) is 0 Å². The van der Waals surface area contributed by atoms with E-state index in [0.29, 0.717) is 0 Å². The molecule has 20 heteroatoms. The number of aliphatic hydroxyl groups excluding tert-OH is 2. The number of ether oxygens (including phenoxy) is 2. The van der Waals surface area contributed by atoms with Crippen molar-refractivity contribution in [2.75, 3.05) is 13.2 Å². The summed E-state index contributed by atoms with van der Waals surface area (Å²) in [6, 6.07) is 0. The molecular weight excluding hydrogens is 384 g/mol. The summed E-state index contributed by atoms with van der Waals surface area (Å²) in [6.07, 6.45) is -1.70. The summed E-state index contributed by atoms with van der Waals surface area (Å²) in [4.78, 5) is 33.4. The SMILES string of the molecule is O=[N+]([O-])O.O=[N+]([O-])O.O=[N+]([O-])O.O=[N+]([O-])O.O[C@@H]1CO[C@H]2[C@@H]1OC[C@@H]2O. The molecule has 2 aliphatic heterocycles. The molecule has 0 saturated carbocycles. The fraction of sp³-hybridized carbons (Fsp3) is 1.00. The summed E-state index contributed by atoms with van der Waals surface area (Å²) in [5, 5.41) is 72.9. The monoisotopic (exact) mass is 398 g/mol. The molecule has 2 fully saturated rings. The summed E-state index contributed by atoms with van der Waals surface area (Å²) in [6.45, 7) is 0.568. The molecule has 0 unspecified atom stereocenters. The van der Waals surface area contributed by atoms with Gasteiger partial charge in [0.25, 0.3) is 20.3 Å². The smallest absolute Gasteiger partial charge is 0.291 e. The number of aliphatic hydroxyl groups is 2. The van der Waals surface area contributed by atoms with Crippen molar-refractivity contribution in [2.24, 2.45) is 0 Å². The highest BCUT2D eigenvalue weighted by molar-refractivity contribution is 4.93. The van der Waals surface area contributed by atoms with Gasteiger partial charge in [-0.05, 0) is 0 Å². The van der Waals surface area contributed by atoms with Crippen molar-refractivity contribution in [1.29, 1.82) is 0 Å². The maximum atomic E-state index is 9.16. The minimum Gasteiger partial charge on any atom is -0.388 e. The minimum atomic E-state index is -1.50. The Morgan fingerprint density at radius 3 is 0.923 bits per heavy atom. The van der Waals surface area contributed by atoms with Gasteiger partial charge in [-0.1, -0.05) is 0 Å². The summed E-state index contributed by atoms with van der Waals surface area (Å²) in [7, 11) is 0. The Morgan fingerprint density at radius 1 is 0.615 bits per heavy atom. The molecule has 0 spiro atoms. The van der Waals surface area contributed by atoms with Gasteiger partial charge in [-0.25, -0.2) is 0 Å². The molecule has 0 aromatic heterocycles. The molecule has 4 atom stereocenters. The number of fused-ring (bicyclic) bond motifs is 1. The highest BCUT2D eigenvalue weighted by Gasteiger charge is 2.46. The van der Waals surface area contributed by atoms with Gasteiger partial charge in [-0.3, -0.25) is 0 Å². The molecule has 2 aliphatic rings. The van der Waals surface area contributed by atoms with Crippen LogP contribution in [0.1, 0.15) is 0 Å². The van der Waals surface area contributed by atoms with Gasteiger partial charge in [0.05, 0.1) is 13.2 Å². The van der Waals surface area contributed by atoms with Gasteiger partial charge in [-0.2, -0.15) is 0 Å². The van der Waals surface area contributed by atoms with Gasteiger partial charge in [0.2, 0.25) is 0 Å². The van der Waals surface area contributed by atoms with Crippen LogP contribution in [0, 0.1) is 40.5 Å². The van der Waals surface area contributed by atoms with E-state index in [1.165, 1.54) is 0 Å². The maximum Gasteiger partial charge on any atom is 0.291 e. The third-order valence-electron chi connectivity index (χ3n) is 2.00. The van der Waals surface area contributed by atoms with E-state index in [4.69, 9.17) is 81.0 Å². The van der Waals surface area contributed by atoms with Crippen molar-refractivity contribution in [3.8, 4) is 0 Å². The predicted molar refractivity (Wildman–Crippen MR) is 66.6 cm³/mol. The normalized spacial score (nSPS) is 24.2. The molecule has 2 heterocycles. The van der Waals surface area contributed by atoms with Gasteiger partial charge in [0.1, 0.15) is 24.4 Å². The zero-order valence-corrected chi connectivity index (χ0v) is 12.3. The number of nitrogens with zero attached hydrogens (tertiary/aromatic N) is 4. The van der Waals surface area contributed by atoms with E-state index >= 15 is 0 Å². The molecular formula is C6H14N4O16. The molecule has 0 aromatic carbocycles. The van der Waals surface area contributed by atoms with Crippen LogP contribution in [0.3, 0.4) is 0 Å². The second kappa shape index (κ2) is 15.2. The number of hydrogen-bond acceptors (Lipinski definition) is 12. The van der Waals surface area contributed by atoms with Crippen LogP contribution in [0.4, 0.5) is 0 Å². The molecule has 0 radical (unpaired) electrons. The van der Waals surface area contributed by atoms with Crippen LogP contribution in [-0.2, 0) is 9.47 Å². The molecule has 26 heavy (non-hydrogen) atoms. The zero-order chi connectivity index (χ0) is 21.4. The molecule has 0 aromatic rings. The molecule has 0 amide bonds. The molecule has 154 valence electrons. The zero-order valence-electron chi connectivity index (χ0n) is 12.3. The number of hydrogen-bond donors (Lipinski definition) is 6. The largest absolute Gasteiger partial charge is 0.388 e. The summed E-state index contributed by atoms with van der Waals surface area (Å²) < 4.78 is 10.2. The second-order valence-electron chi connectivity index (χ2n) is 3.68. The Kier molecular flexibility index (Phi) is 16.1. The Bertz CT molecular complexity index is 364. The lowest BCUT2D eigenvalue weighted by Crippen LogP contribution is -2.30. The van der Waals surface area contributed by atoms with Gasteiger partial charge in [0, 0.05) is 0 Å². The fourth-order valence-electron chi connectivity index (χ4n) is 1.46. The van der Waals surface area contributed by atoms with Crippen molar-refractivity contribution in [2.45, 2.75) is 24.4 Å². The van der Waals surface area contributed by atoms with Crippen LogP contribution in [0.25, 0.3) is 0 Å². The van der Waals surface area contributed by atoms with Crippen molar-refractivity contribution >= 4 is 0 Å². The van der Waals surface area contributed by atoms with E-state index in [2.05, 4.69) is 0 Å². The van der Waals surface area contributed by atoms with E-state index in [1.54, 1.807) is 0 Å². The van der Waals surface area contributed by atoms with E-state index in [1.807, 2.05) is 0 Å². The minimum absolute atomic E-state index is 0.284. The van der Waals surface area contributed by atoms with Crippen LogP contribution >= 0.6 is 0 Å². The first-order valence-electron chi connectivity index (χ1n) is 5.64. The topological polar surface area (TPSA) is 312 Å². The molecule has 0 bridgehead atoms. The van der Waals surface area contributed by atoms with Crippen molar-refractivity contribution in [1.82, 2.24) is 0 Å². The lowest BCUT2D eigenvalue weighted by atomic mass is 10.1. The van der Waals surface area contributed by atoms with E-state index in [0.717, 1.165) is 0 Å². The summed E-state index contributed by atoms with van der Waals surface area (Å²) in [5.74, 6) is 0. The fourth-order valence-corrected chi connectivity index (χ4v) is 1.46. The van der Waals surface area contributed by atoms with E-state index in [9.17, 15) is 0 Å². The number of rotatable bonds is 0. The third kappa shape index (κ3) is 22.9. The standard InChI is InChI=1S/C6H10O4.4HNO3/c7-3-1-9-6-4(8)2-10-5(3)6;4*2-1(3)4/h3-8H,1-2H2;4*(H,2,3,4)/t3-,4+,5-,6-;;;;/m1..../s1. The molecule has 20 nitrogen and oxygen atoms in total. The molecule has 0 aliphatic carbocycles. The van der Waals surface area contributed by atoms with Crippen LogP contribution in [-0.4, -0.2) is 89.0 Å². The molecule has 2 rings (SSSR count). The predicted octanol–water partition coefficient (Wildman–Crippen LogP) is -2.88. The highest BCUT2D eigenvalue weighted by Crippen LogP contribution is 2.26. The Labute approximate surface area is 140 Å². The Morgan fingerprint density at radius 2 is 0.769 bits per heavy atom. The van der Waals surface area contributed by atoms with Gasteiger partial charge < -0.3 is 40.5 Å². The third-order valence-corrected chi connectivity index (χ3v) is 2.00. The summed E-state index contributed by atoms with van der Waals surface area (Å²) in [5.41, 5.74) is 0. The van der Waals surface area contributed by atoms with E-state index < -0.39 is 32.6 Å². The van der Waals surface area contributed by atoms with Crippen LogP contribution in [0.2, 0.25) is 0 Å². The van der Waals surface area contributed by atoms with Gasteiger partial charge in [0.15, 0.2) is 0 Å². The average molecular weight is 398 g/mol. The van der Waals surface area contributed by atoms with Gasteiger partial charge in [-0.15, -0.1) is 40.5 Å². The first-order valence-corrected chi connectivity index (χ1v) is 5.64. The second-order valence-corrected chi connectivity index (χ2v) is 3.68. The summed E-state index contributed by atoms with van der Waals surface area (Å²) >= 11 is 0. The van der Waals surface area contributed by atoms with Crippen molar-refractivity contribution in [3.05, 3.63) is 40.5 Å². The van der Waals surface area contributed by atoms with Gasteiger partial charge >= 0.3 is 0 Å². The maximum absolute atomic E-state index is 9.16. The van der Waals surface area contributed by atoms with Crippen LogP contribution in [0.15, 0.2) is 0 Å². The lowest BCUT2D eigenvalue weighted by molar-refractivity contribution is -0.742. The highest BCUT2D eigenvalue weighted by atomic mass is 16.9. The average Bonchev–Trinajstić information content (AvgIpc) is 2.91. The van der Waals surface area contributed by atoms with Crippen molar-refractivity contribution < 1.29 is 60.9 Å². The Hall–Kier alpha value is -3.36. The quantitative estimate of drug-likeness (QED) is 0.176. The van der Waals surface area contributed by atoms with Crippen LogP contribution < -0.4 is 0 Å². The first-order chi connectivity index (χ1) is 11.7. The lowest BCUT2D eigenvalue weighted by Gasteiger charge is -2.09. The first kappa shape index (κ1) is 27.5. The Balaban J connectivity index is -0.000000284.